The van der Waals surface area contributed by atoms with Crippen LogP contribution in [-0.4, -0.2) is 29.8 Å². The Morgan fingerprint density at radius 1 is 1.30 bits per heavy atom. The largest absolute Gasteiger partial charge is 0.493 e. The molecule has 0 unspecified atom stereocenters. The first kappa shape index (κ1) is 13.4. The SMILES string of the molecule is Cl.c1cc2c(cc1-c1noc([C@H]3CCNC3)n1)CCO2. The lowest BCUT2D eigenvalue weighted by atomic mass is 10.1. The van der Waals surface area contributed by atoms with E-state index in [0.717, 1.165) is 49.7 Å². The van der Waals surface area contributed by atoms with Gasteiger partial charge < -0.3 is 14.6 Å². The molecule has 3 heterocycles. The minimum Gasteiger partial charge on any atom is -0.493 e. The van der Waals surface area contributed by atoms with E-state index in [1.807, 2.05) is 12.1 Å². The first-order valence-corrected chi connectivity index (χ1v) is 6.70. The average molecular weight is 294 g/mol. The van der Waals surface area contributed by atoms with E-state index in [9.17, 15) is 0 Å². The maximum absolute atomic E-state index is 5.50. The molecule has 2 aliphatic rings. The predicted octanol–water partition coefficient (Wildman–Crippen LogP) is 2.17. The van der Waals surface area contributed by atoms with Gasteiger partial charge in [0.05, 0.1) is 12.5 Å². The van der Waals surface area contributed by atoms with Crippen molar-refractivity contribution in [2.75, 3.05) is 19.7 Å². The van der Waals surface area contributed by atoms with Crippen LogP contribution in [-0.2, 0) is 6.42 Å². The lowest BCUT2D eigenvalue weighted by Gasteiger charge is -2.00. The number of nitrogens with one attached hydrogen (secondary N) is 1. The number of halogens is 1. The van der Waals surface area contributed by atoms with Gasteiger partial charge in [0.1, 0.15) is 5.75 Å². The molecule has 20 heavy (non-hydrogen) atoms. The number of nitrogens with zero attached hydrogens (tertiary/aromatic N) is 2. The fraction of sp³-hybridized carbons (Fsp3) is 0.429. The Bertz CT molecular complexity index is 608. The Balaban J connectivity index is 0.00000121. The van der Waals surface area contributed by atoms with Gasteiger partial charge in [-0.3, -0.25) is 0 Å². The third-order valence-corrected chi connectivity index (χ3v) is 3.80. The highest BCUT2D eigenvalue weighted by Crippen LogP contribution is 2.30. The number of hydrogen-bond acceptors (Lipinski definition) is 5. The molecule has 2 aliphatic heterocycles. The zero-order valence-corrected chi connectivity index (χ0v) is 11.8. The monoisotopic (exact) mass is 293 g/mol. The summed E-state index contributed by atoms with van der Waals surface area (Å²) in [5.41, 5.74) is 2.23. The minimum atomic E-state index is 0. The summed E-state index contributed by atoms with van der Waals surface area (Å²) >= 11 is 0. The molecule has 5 nitrogen and oxygen atoms in total. The summed E-state index contributed by atoms with van der Waals surface area (Å²) in [7, 11) is 0. The van der Waals surface area contributed by atoms with Crippen molar-refractivity contribution in [3.63, 3.8) is 0 Å². The van der Waals surface area contributed by atoms with Crippen molar-refractivity contribution in [1.29, 1.82) is 0 Å². The number of fused-ring (bicyclic) bond motifs is 1. The molecule has 0 aliphatic carbocycles. The van der Waals surface area contributed by atoms with Crippen LogP contribution >= 0.6 is 12.4 Å². The fourth-order valence-electron chi connectivity index (χ4n) is 2.71. The summed E-state index contributed by atoms with van der Waals surface area (Å²) in [6.45, 7) is 2.72. The first-order chi connectivity index (χ1) is 9.40. The third-order valence-electron chi connectivity index (χ3n) is 3.80. The van der Waals surface area contributed by atoms with E-state index >= 15 is 0 Å². The highest BCUT2D eigenvalue weighted by molar-refractivity contribution is 5.85. The number of ether oxygens (including phenoxy) is 1. The maximum Gasteiger partial charge on any atom is 0.231 e. The Morgan fingerprint density at radius 2 is 2.25 bits per heavy atom. The van der Waals surface area contributed by atoms with Crippen molar-refractivity contribution >= 4 is 12.4 Å². The molecule has 0 spiro atoms. The average Bonchev–Trinajstić information content (AvgIpc) is 3.18. The molecule has 1 N–H and O–H groups in total. The van der Waals surface area contributed by atoms with Crippen LogP contribution in [0.5, 0.6) is 5.75 Å². The molecule has 0 radical (unpaired) electrons. The van der Waals surface area contributed by atoms with E-state index in [0.29, 0.717) is 11.7 Å². The first-order valence-electron chi connectivity index (χ1n) is 6.70. The maximum atomic E-state index is 5.50. The van der Waals surface area contributed by atoms with Gasteiger partial charge in [0.25, 0.3) is 0 Å². The Labute approximate surface area is 123 Å². The van der Waals surface area contributed by atoms with Crippen LogP contribution in [0.4, 0.5) is 0 Å². The molecule has 1 aromatic heterocycles. The van der Waals surface area contributed by atoms with E-state index in [2.05, 4.69) is 21.5 Å². The lowest BCUT2D eigenvalue weighted by Crippen LogP contribution is -2.08. The second-order valence-electron chi connectivity index (χ2n) is 5.07. The van der Waals surface area contributed by atoms with Crippen LogP contribution in [0, 0.1) is 0 Å². The smallest absolute Gasteiger partial charge is 0.231 e. The second-order valence-corrected chi connectivity index (χ2v) is 5.07. The lowest BCUT2D eigenvalue weighted by molar-refractivity contribution is 0.356. The molecule has 1 fully saturated rings. The van der Waals surface area contributed by atoms with Gasteiger partial charge in [-0.25, -0.2) is 0 Å². The summed E-state index contributed by atoms with van der Waals surface area (Å²) < 4.78 is 10.9. The number of rotatable bonds is 2. The van der Waals surface area contributed by atoms with E-state index < -0.39 is 0 Å². The van der Waals surface area contributed by atoms with Gasteiger partial charge in [0.2, 0.25) is 11.7 Å². The molecule has 1 atom stereocenters. The molecule has 2 aromatic rings. The highest BCUT2D eigenvalue weighted by atomic mass is 35.5. The molecule has 1 aromatic carbocycles. The molecule has 0 bridgehead atoms. The van der Waals surface area contributed by atoms with Crippen molar-refractivity contribution in [3.05, 3.63) is 29.7 Å². The molecule has 6 heteroatoms. The minimum absolute atomic E-state index is 0. The predicted molar refractivity (Wildman–Crippen MR) is 76.4 cm³/mol. The molecule has 0 amide bonds. The molecular formula is C14H16ClN3O2. The van der Waals surface area contributed by atoms with Gasteiger partial charge >= 0.3 is 0 Å². The molecule has 1 saturated heterocycles. The van der Waals surface area contributed by atoms with Crippen LogP contribution in [0.1, 0.15) is 23.8 Å². The summed E-state index contributed by atoms with van der Waals surface area (Å²) in [5.74, 6) is 2.76. The highest BCUT2D eigenvalue weighted by Gasteiger charge is 2.23. The van der Waals surface area contributed by atoms with Crippen LogP contribution in [0.3, 0.4) is 0 Å². The topological polar surface area (TPSA) is 60.2 Å². The summed E-state index contributed by atoms with van der Waals surface area (Å²) in [4.78, 5) is 4.53. The Hall–Kier alpha value is -1.59. The molecular weight excluding hydrogens is 278 g/mol. The van der Waals surface area contributed by atoms with E-state index in [-0.39, 0.29) is 12.4 Å². The van der Waals surface area contributed by atoms with Crippen molar-refractivity contribution in [1.82, 2.24) is 15.5 Å². The normalized spacial score (nSPS) is 20.3. The van der Waals surface area contributed by atoms with Gasteiger partial charge in [0, 0.05) is 18.5 Å². The molecule has 0 saturated carbocycles. The van der Waals surface area contributed by atoms with Crippen LogP contribution in [0.2, 0.25) is 0 Å². The zero-order valence-electron chi connectivity index (χ0n) is 11.0. The van der Waals surface area contributed by atoms with Gasteiger partial charge in [-0.05, 0) is 36.7 Å². The molecule has 106 valence electrons. The number of benzene rings is 1. The number of hydrogen-bond donors (Lipinski definition) is 1. The summed E-state index contributed by atoms with van der Waals surface area (Å²) in [6, 6.07) is 6.08. The van der Waals surface area contributed by atoms with Gasteiger partial charge in [-0.15, -0.1) is 12.4 Å². The molecule has 4 rings (SSSR count). The van der Waals surface area contributed by atoms with E-state index in [4.69, 9.17) is 9.26 Å². The van der Waals surface area contributed by atoms with Crippen LogP contribution in [0.25, 0.3) is 11.4 Å². The van der Waals surface area contributed by atoms with Gasteiger partial charge in [-0.2, -0.15) is 4.98 Å². The Morgan fingerprint density at radius 3 is 3.10 bits per heavy atom. The van der Waals surface area contributed by atoms with Gasteiger partial charge in [-0.1, -0.05) is 5.16 Å². The zero-order chi connectivity index (χ0) is 12.7. The summed E-state index contributed by atoms with van der Waals surface area (Å²) in [6.07, 6.45) is 2.03. The third kappa shape index (κ3) is 2.27. The van der Waals surface area contributed by atoms with E-state index in [1.54, 1.807) is 0 Å². The quantitative estimate of drug-likeness (QED) is 0.919. The van der Waals surface area contributed by atoms with Crippen LogP contribution < -0.4 is 10.1 Å². The summed E-state index contributed by atoms with van der Waals surface area (Å²) in [5, 5.41) is 7.41. The second kappa shape index (κ2) is 5.42. The number of aromatic nitrogens is 2. The standard InChI is InChI=1S/C14H15N3O2.ClH/c1-2-12-9(4-6-18-12)7-10(1)13-16-14(19-17-13)11-3-5-15-8-11;/h1-2,7,11,15H,3-6,8H2;1H/t11-;/m0./s1. The van der Waals surface area contributed by atoms with Gasteiger partial charge in [0.15, 0.2) is 0 Å². The van der Waals surface area contributed by atoms with E-state index in [1.165, 1.54) is 5.56 Å². The van der Waals surface area contributed by atoms with Crippen molar-refractivity contribution < 1.29 is 9.26 Å². The van der Waals surface area contributed by atoms with Crippen LogP contribution in [0.15, 0.2) is 22.7 Å². The van der Waals surface area contributed by atoms with Crippen molar-refractivity contribution in [2.24, 2.45) is 0 Å². The fourth-order valence-corrected chi connectivity index (χ4v) is 2.71. The van der Waals surface area contributed by atoms with Crippen molar-refractivity contribution in [3.8, 4) is 17.1 Å². The van der Waals surface area contributed by atoms with Crippen molar-refractivity contribution in [2.45, 2.75) is 18.8 Å². The Kier molecular flexibility index (Phi) is 3.63.